The van der Waals surface area contributed by atoms with Crippen LogP contribution in [-0.2, 0) is 81.3 Å². The normalized spacial score (nSPS) is 18.5. The van der Waals surface area contributed by atoms with E-state index in [-0.39, 0.29) is 130 Å². The molecule has 1 saturated carbocycles. The van der Waals surface area contributed by atoms with Crippen LogP contribution in [0.3, 0.4) is 0 Å². The number of hydrogen-bond donors (Lipinski definition) is 9. The first kappa shape index (κ1) is 80.0. The Balaban J connectivity index is 0.926. The van der Waals surface area contributed by atoms with Gasteiger partial charge in [-0.25, -0.2) is 9.59 Å². The zero-order chi connectivity index (χ0) is 69.4. The fourth-order valence-corrected chi connectivity index (χ4v) is 12.6. The van der Waals surface area contributed by atoms with E-state index in [2.05, 4.69) is 58.1 Å². The maximum absolute atomic E-state index is 13.5. The fraction of sp³-hybridized carbons (Fsp3) is 0.785. The topological polar surface area (TPSA) is 396 Å². The lowest BCUT2D eigenvalue weighted by molar-refractivity contribution is -0.197. The number of ketones is 2. The van der Waals surface area contributed by atoms with Gasteiger partial charge < -0.3 is 76.4 Å². The number of imide groups is 1. The molecule has 0 spiro atoms. The molecule has 10 amide bonds. The molecule has 2 unspecified atom stereocenters. The first-order chi connectivity index (χ1) is 46.2. The molecule has 4 aliphatic heterocycles. The number of amides is 10. The number of hydrogen-bond acceptors (Lipinski definition) is 22. The van der Waals surface area contributed by atoms with Crippen LogP contribution in [0.2, 0.25) is 0 Å². The summed E-state index contributed by atoms with van der Waals surface area (Å²) in [6.07, 6.45) is 9.76. The van der Waals surface area contributed by atoms with Gasteiger partial charge in [-0.2, -0.15) is 22.0 Å². The van der Waals surface area contributed by atoms with E-state index in [1.165, 1.54) is 0 Å². The molecular formula is C65H106N12O18S. The van der Waals surface area contributed by atoms with Crippen molar-refractivity contribution < 1.29 is 86.1 Å². The number of Topliss-reactive ketones (excluding diaryl/α,β-unsaturated/α-hetero) is 2. The second kappa shape index (κ2) is 45.0. The van der Waals surface area contributed by atoms with Gasteiger partial charge in [-0.3, -0.25) is 47.9 Å². The molecular weight excluding hydrogens is 1270 g/mol. The van der Waals surface area contributed by atoms with Crippen LogP contribution < -0.4 is 47.9 Å². The van der Waals surface area contributed by atoms with Crippen molar-refractivity contribution in [1.82, 2.24) is 52.9 Å². The lowest BCUT2D eigenvalue weighted by Gasteiger charge is -2.30. The van der Waals surface area contributed by atoms with Crippen molar-refractivity contribution in [3.63, 3.8) is 0 Å². The highest BCUT2D eigenvalue weighted by Crippen LogP contribution is 2.36. The molecule has 4 fully saturated rings. The molecule has 0 aromatic heterocycles. The summed E-state index contributed by atoms with van der Waals surface area (Å²) in [5.74, 6) is -2.82. The van der Waals surface area contributed by atoms with Gasteiger partial charge >= 0.3 is 12.0 Å². The Bertz CT molecular complexity index is 2590. The van der Waals surface area contributed by atoms with Crippen LogP contribution in [0.15, 0.2) is 21.5 Å². The van der Waals surface area contributed by atoms with Crippen LogP contribution in [0.5, 0.6) is 0 Å². The largest absolute Gasteiger partial charge is 0.385 e. The van der Waals surface area contributed by atoms with Crippen molar-refractivity contribution in [2.75, 3.05) is 111 Å². The van der Waals surface area contributed by atoms with Crippen molar-refractivity contribution in [3.05, 3.63) is 11.3 Å². The fourth-order valence-electron chi connectivity index (χ4n) is 11.0. The van der Waals surface area contributed by atoms with E-state index in [4.69, 9.17) is 28.5 Å². The maximum atomic E-state index is 13.5. The van der Waals surface area contributed by atoms with Gasteiger partial charge in [-0.15, -0.1) is 5.06 Å². The molecule has 540 valence electrons. The van der Waals surface area contributed by atoms with E-state index in [0.717, 1.165) is 25.0 Å². The molecule has 1 aliphatic carbocycles. The molecule has 0 aromatic rings. The maximum Gasteiger partial charge on any atom is 0.333 e. The molecule has 96 heavy (non-hydrogen) atoms. The average Bonchev–Trinajstić information content (AvgIpc) is 0.976. The minimum atomic E-state index is -0.920. The quantitative estimate of drug-likeness (QED) is 0.0139. The first-order valence-electron chi connectivity index (χ1n) is 34.5. The summed E-state index contributed by atoms with van der Waals surface area (Å²) in [4.78, 5) is 155. The van der Waals surface area contributed by atoms with Crippen LogP contribution in [0.4, 0.5) is 4.79 Å². The van der Waals surface area contributed by atoms with E-state index in [0.29, 0.717) is 192 Å². The molecule has 3 saturated heterocycles. The number of hydroxylamine groups is 2. The molecule has 0 aromatic carbocycles. The molecule has 5 aliphatic rings. The summed E-state index contributed by atoms with van der Waals surface area (Å²) >= 11 is 1.88. The third-order valence-electron chi connectivity index (χ3n) is 16.4. The Hall–Kier alpha value is -6.67. The lowest BCUT2D eigenvalue weighted by atomic mass is 9.73. The van der Waals surface area contributed by atoms with E-state index < -0.39 is 46.7 Å². The van der Waals surface area contributed by atoms with Gasteiger partial charge in [0.2, 0.25) is 35.4 Å². The number of urea groups is 1. The van der Waals surface area contributed by atoms with E-state index in [1.54, 1.807) is 0 Å². The van der Waals surface area contributed by atoms with Crippen molar-refractivity contribution >= 4 is 82.6 Å². The molecule has 30 nitrogen and oxygen atoms in total. The molecule has 9 N–H and O–H groups in total. The number of nitrogens with zero attached hydrogens (tertiary/aromatic N) is 3. The van der Waals surface area contributed by atoms with Gasteiger partial charge in [-0.05, 0) is 89.4 Å². The molecule has 0 radical (unpaired) electrons. The Labute approximate surface area is 567 Å². The molecule has 5 rings (SSSR count). The van der Waals surface area contributed by atoms with Crippen LogP contribution in [0.25, 0.3) is 0 Å². The lowest BCUT2D eigenvalue weighted by Crippen LogP contribution is -2.47. The number of allylic oxidation sites excluding steroid dienone is 2. The molecule has 4 heterocycles. The number of unbranched alkanes of at least 4 members (excludes halogenated alkanes) is 5. The summed E-state index contributed by atoms with van der Waals surface area (Å²) < 4.78 is 28.2. The predicted molar refractivity (Wildman–Crippen MR) is 352 cm³/mol. The van der Waals surface area contributed by atoms with Crippen molar-refractivity contribution in [1.29, 1.82) is 0 Å². The standard InChI is InChI=1S/C65H106N12O18S/c1-64(2)43-49(78)60(50(79)44-64)46(66-31-35-92-39-40-93-36-32-70-55(83)25-26-65(3)75-76-65)15-6-8-18-52(80)67-28-12-10-16-47(72-56(84)22-21-54(82)68-27-11-4-5-20-59(87)95-77-57(85)23-24-58(77)86)62(88)71-30-14-34-91-38-42-94-41-37-90-33-13-29-69-53(81)19-9-7-17-51-61-48(45-96-51)73-63(89)74-61/h47-48,51,61,66H,4-45H2,1-3H3,(H,67,80)(H,68,82)(H,69,81)(H,70,83)(H,71,88)(H,72,84)(H2,73,74,89)/t47-,48?,51?,61-/m0/s1. The highest BCUT2D eigenvalue weighted by Gasteiger charge is 2.43. The number of rotatable bonds is 54. The SMILES string of the molecule is CC1(C)CC(=O)C(=C(CCCCC(=O)NCCCC[C@H](NC(=O)CCC(=O)NCCCCCC(=O)ON2C(=O)CCC2=O)C(=O)NCCCOCCOCCOCCCNC(=O)CCCCC2SCC3NC(=O)N[C@@H]32)NCCOCCOCCNC(=O)CCC2(C)N=N2)C(=O)C1. The van der Waals surface area contributed by atoms with Gasteiger partial charge in [-0.1, -0.05) is 26.7 Å². The number of thioether (sulfide) groups is 1. The molecule has 4 atom stereocenters. The minimum Gasteiger partial charge on any atom is -0.385 e. The van der Waals surface area contributed by atoms with Crippen molar-refractivity contribution in [2.24, 2.45) is 15.6 Å². The number of ether oxygens (including phenoxy) is 5. The summed E-state index contributed by atoms with van der Waals surface area (Å²) in [5, 5.41) is 35.0. The van der Waals surface area contributed by atoms with Gasteiger partial charge in [0.25, 0.3) is 11.8 Å². The Morgan fingerprint density at radius 3 is 1.65 bits per heavy atom. The van der Waals surface area contributed by atoms with Crippen molar-refractivity contribution in [3.8, 4) is 0 Å². The first-order valence-corrected chi connectivity index (χ1v) is 35.5. The summed E-state index contributed by atoms with van der Waals surface area (Å²) in [7, 11) is 0. The van der Waals surface area contributed by atoms with Crippen LogP contribution in [-0.4, -0.2) is 216 Å². The molecule has 31 heteroatoms. The number of carbonyl (C=O) groups excluding carboxylic acids is 12. The predicted octanol–water partition coefficient (Wildman–Crippen LogP) is 3.08. The van der Waals surface area contributed by atoms with Gasteiger partial charge in [0.15, 0.2) is 17.2 Å². The Morgan fingerprint density at radius 1 is 0.521 bits per heavy atom. The summed E-state index contributed by atoms with van der Waals surface area (Å²) in [6.45, 7) is 11.3. The zero-order valence-corrected chi connectivity index (χ0v) is 57.4. The van der Waals surface area contributed by atoms with Gasteiger partial charge in [0.05, 0.1) is 70.5 Å². The van der Waals surface area contributed by atoms with Crippen LogP contribution >= 0.6 is 11.8 Å². The molecule has 0 bridgehead atoms. The Morgan fingerprint density at radius 2 is 1.02 bits per heavy atom. The second-order valence-electron chi connectivity index (χ2n) is 25.6. The highest BCUT2D eigenvalue weighted by molar-refractivity contribution is 8.00. The van der Waals surface area contributed by atoms with E-state index in [1.807, 2.05) is 32.5 Å². The Kier molecular flexibility index (Phi) is 37.5. The average molecular weight is 1380 g/mol. The van der Waals surface area contributed by atoms with Crippen LogP contribution in [0, 0.1) is 5.41 Å². The summed E-state index contributed by atoms with van der Waals surface area (Å²) in [5.41, 5.74) is -0.130. The smallest absolute Gasteiger partial charge is 0.333 e. The van der Waals surface area contributed by atoms with Gasteiger partial charge in [0.1, 0.15) is 6.04 Å². The third kappa shape index (κ3) is 33.5. The van der Waals surface area contributed by atoms with Gasteiger partial charge in [0, 0.05) is 140 Å². The number of carbonyl (C=O) groups is 12. The monoisotopic (exact) mass is 1370 g/mol. The third-order valence-corrected chi connectivity index (χ3v) is 17.9. The minimum absolute atomic E-state index is 0.00452. The van der Waals surface area contributed by atoms with Crippen molar-refractivity contribution in [2.45, 2.75) is 210 Å². The van der Waals surface area contributed by atoms with Crippen LogP contribution in [0.1, 0.15) is 181 Å². The zero-order valence-electron chi connectivity index (χ0n) is 56.6. The highest BCUT2D eigenvalue weighted by atomic mass is 32.2. The second-order valence-corrected chi connectivity index (χ2v) is 26.8. The number of nitrogens with one attached hydrogen (secondary N) is 9. The van der Waals surface area contributed by atoms with E-state index in [9.17, 15) is 57.5 Å². The van der Waals surface area contributed by atoms with E-state index >= 15 is 0 Å². The summed E-state index contributed by atoms with van der Waals surface area (Å²) in [6, 6.07) is -0.630. The number of fused-ring (bicyclic) bond motifs is 1.